The Morgan fingerprint density at radius 1 is 0.156 bits per heavy atom. The fourth-order valence-corrected chi connectivity index (χ4v) is 19.9. The maximum atomic E-state index is 5.32. The highest BCUT2D eigenvalue weighted by atomic mass is 15.0. The van der Waals surface area contributed by atoms with E-state index < -0.39 is 0 Å². The Morgan fingerprint density at radius 2 is 0.438 bits per heavy atom. The number of aromatic nitrogens is 8. The van der Waals surface area contributed by atoms with Gasteiger partial charge < -0.3 is 18.3 Å². The van der Waals surface area contributed by atoms with Crippen LogP contribution in [0.1, 0.15) is 0 Å². The van der Waals surface area contributed by atoms with Crippen LogP contribution in [0.3, 0.4) is 0 Å². The highest BCUT2D eigenvalue weighted by Gasteiger charge is 2.26. The Hall–Kier alpha value is -17.2. The predicted molar refractivity (Wildman–Crippen MR) is 535 cm³/mol. The first-order chi connectivity index (χ1) is 63.5. The summed E-state index contributed by atoms with van der Waals surface area (Å²) in [5, 5.41) is 19.5. The van der Waals surface area contributed by atoms with Crippen molar-refractivity contribution in [3.05, 3.63) is 461 Å². The molecule has 0 saturated heterocycles. The topological polar surface area (TPSA) is 71.3 Å². The van der Waals surface area contributed by atoms with Gasteiger partial charge in [0.25, 0.3) is 0 Å². The van der Waals surface area contributed by atoms with Crippen molar-refractivity contribution in [3.63, 3.8) is 0 Å². The molecule has 0 saturated carbocycles. The average Bonchev–Trinajstić information content (AvgIpc) is 1.54. The van der Waals surface area contributed by atoms with E-state index in [4.69, 9.17) is 19.9 Å². The van der Waals surface area contributed by atoms with Crippen molar-refractivity contribution in [3.8, 4) is 113 Å². The van der Waals surface area contributed by atoms with Crippen LogP contribution in [0.2, 0.25) is 0 Å². The van der Waals surface area contributed by atoms with Crippen molar-refractivity contribution in [2.75, 3.05) is 0 Å². The van der Waals surface area contributed by atoms with Crippen molar-refractivity contribution in [1.82, 2.24) is 38.2 Å². The lowest BCUT2D eigenvalue weighted by Crippen LogP contribution is -1.98. The maximum Gasteiger partial charge on any atom is 0.160 e. The van der Waals surface area contributed by atoms with E-state index in [1.165, 1.54) is 136 Å². The maximum absolute atomic E-state index is 5.32. The molecule has 0 radical (unpaired) electrons. The highest BCUT2D eigenvalue weighted by molar-refractivity contribution is 6.28. The molecule has 0 spiro atoms. The Labute approximate surface area is 737 Å². The fourth-order valence-electron chi connectivity index (χ4n) is 19.9. The zero-order chi connectivity index (χ0) is 84.3. The fraction of sp³-hybridized carbons (Fsp3) is 0. The molecule has 0 fully saturated rings. The summed E-state index contributed by atoms with van der Waals surface area (Å²) in [7, 11) is 0. The molecule has 0 aliphatic carbocycles. The molecular formula is C120H76N8. The van der Waals surface area contributed by atoms with E-state index in [0.717, 1.165) is 95.2 Å². The smallest absolute Gasteiger partial charge is 0.160 e. The van der Waals surface area contributed by atoms with E-state index in [2.05, 4.69) is 473 Å². The normalized spacial score (nSPS) is 11.8. The van der Waals surface area contributed by atoms with E-state index in [-0.39, 0.29) is 0 Å². The van der Waals surface area contributed by atoms with Gasteiger partial charge in [-0.1, -0.05) is 364 Å². The molecule has 8 nitrogen and oxygen atoms in total. The lowest BCUT2D eigenvalue weighted by molar-refractivity contribution is 1.16. The first-order valence-electron chi connectivity index (χ1n) is 43.6. The third-order valence-corrected chi connectivity index (χ3v) is 25.9. The number of hydrogen-bond donors (Lipinski definition) is 0. The molecule has 0 unspecified atom stereocenters. The minimum absolute atomic E-state index is 0.686. The van der Waals surface area contributed by atoms with E-state index in [9.17, 15) is 0 Å². The number of nitrogens with zero attached hydrogens (tertiary/aromatic N) is 8. The van der Waals surface area contributed by atoms with Crippen LogP contribution in [0, 0.1) is 0 Å². The summed E-state index contributed by atoms with van der Waals surface area (Å²) in [6, 6.07) is 165. The van der Waals surface area contributed by atoms with Gasteiger partial charge in [0.1, 0.15) is 0 Å². The first kappa shape index (κ1) is 73.5. The molecule has 6 aromatic heterocycles. The van der Waals surface area contributed by atoms with Gasteiger partial charge in [-0.25, -0.2) is 19.9 Å². The van der Waals surface area contributed by atoms with Gasteiger partial charge in [-0.05, 0) is 152 Å². The monoisotopic (exact) mass is 1630 g/mol. The van der Waals surface area contributed by atoms with Crippen LogP contribution in [-0.2, 0) is 0 Å². The second kappa shape index (κ2) is 30.4. The Bertz CT molecular complexity index is 8690. The van der Waals surface area contributed by atoms with Crippen molar-refractivity contribution in [1.29, 1.82) is 0 Å². The number of para-hydroxylation sites is 4. The zero-order valence-electron chi connectivity index (χ0n) is 69.5. The van der Waals surface area contributed by atoms with Gasteiger partial charge in [-0.15, -0.1) is 0 Å². The summed E-state index contributed by atoms with van der Waals surface area (Å²) in [5.74, 6) is 1.37. The van der Waals surface area contributed by atoms with Gasteiger partial charge in [-0.2, -0.15) is 0 Å². The van der Waals surface area contributed by atoms with Gasteiger partial charge in [0, 0.05) is 98.6 Å². The quantitative estimate of drug-likeness (QED) is 0.122. The van der Waals surface area contributed by atoms with Gasteiger partial charge >= 0.3 is 0 Å². The van der Waals surface area contributed by atoms with Crippen LogP contribution in [0.5, 0.6) is 0 Å². The van der Waals surface area contributed by atoms with Crippen molar-refractivity contribution >= 4 is 130 Å². The molecule has 26 rings (SSSR count). The van der Waals surface area contributed by atoms with Gasteiger partial charge in [0.2, 0.25) is 0 Å². The molecule has 0 N–H and O–H groups in total. The second-order valence-electron chi connectivity index (χ2n) is 33.1. The standard InChI is InChI=1S/C62H40N4.C58H36N4/c1-3-14-41(15-4-1)43-26-30-46(31-27-43)54-40-55(64-62(63-54)48-32-28-44(29-33-48)42-16-5-2-6-17-42)47-34-36-49(37-35-47)65-58-24-12-10-22-53(58)60-59(65)39-38-52-51-21-9-11-23-57(51)66(61(52)60)56-25-13-19-45-18-7-8-20-50(45)56;1-4-20-42-37(14-1)17-11-25-45(42)50-36-51(46-26-12-18-38-15-2-5-21-43(38)46)60-58(59-50)40-30-32-41(33-31-40)61-54-28-10-8-24-49(54)56-55(61)35-34-48-47-23-7-9-27-53(47)62(57(48)56)52-29-13-19-39-16-3-6-22-44(39)52/h1-40H;1-36H. The van der Waals surface area contributed by atoms with Crippen LogP contribution in [0.15, 0.2) is 461 Å². The lowest BCUT2D eigenvalue weighted by atomic mass is 9.98. The van der Waals surface area contributed by atoms with Crippen molar-refractivity contribution in [2.24, 2.45) is 0 Å². The Kier molecular flexibility index (Phi) is 17.5. The Balaban J connectivity index is 0.000000139. The molecule has 0 aliphatic heterocycles. The SMILES string of the molecule is c1ccc(-c2ccc(-c3cc(-c4ccc(-n5c6ccccc6c6c5ccc5c7ccccc7n(-c7cccc8ccccc78)c56)cc4)nc(-c4ccc(-c5ccccc5)cc4)n3)cc2)cc1.c1ccc2c(-c3cc(-c4cccc5ccccc45)nc(-c4ccc(-n5c6ccccc6c6c5ccc5c7ccccc7n(-c7cccc8ccccc78)c56)cc4)n3)cccc2c1. The molecule has 0 bridgehead atoms. The average molecular weight is 1630 g/mol. The molecule has 0 atom stereocenters. The van der Waals surface area contributed by atoms with Crippen molar-refractivity contribution in [2.45, 2.75) is 0 Å². The van der Waals surface area contributed by atoms with E-state index in [0.29, 0.717) is 11.6 Å². The van der Waals surface area contributed by atoms with E-state index in [1.807, 2.05) is 6.07 Å². The minimum atomic E-state index is 0.686. The number of fused-ring (bicyclic) bond motifs is 18. The number of benzene rings is 20. The Morgan fingerprint density at radius 3 is 0.852 bits per heavy atom. The molecular weight excluding hydrogens is 1550 g/mol. The molecule has 596 valence electrons. The third-order valence-electron chi connectivity index (χ3n) is 25.9. The molecule has 26 aromatic rings. The summed E-state index contributed by atoms with van der Waals surface area (Å²) in [6.45, 7) is 0. The molecule has 20 aromatic carbocycles. The third kappa shape index (κ3) is 12.3. The molecule has 0 aliphatic rings. The van der Waals surface area contributed by atoms with Gasteiger partial charge in [-0.3, -0.25) is 0 Å². The molecule has 0 amide bonds. The largest absolute Gasteiger partial charge is 0.309 e. The van der Waals surface area contributed by atoms with Crippen LogP contribution in [0.4, 0.5) is 0 Å². The van der Waals surface area contributed by atoms with Gasteiger partial charge in [0.15, 0.2) is 11.6 Å². The summed E-state index contributed by atoms with van der Waals surface area (Å²) in [6.07, 6.45) is 0. The summed E-state index contributed by atoms with van der Waals surface area (Å²) in [5.41, 5.74) is 28.3. The first-order valence-corrected chi connectivity index (χ1v) is 43.6. The zero-order valence-corrected chi connectivity index (χ0v) is 69.5. The summed E-state index contributed by atoms with van der Waals surface area (Å²) >= 11 is 0. The molecule has 6 heterocycles. The summed E-state index contributed by atoms with van der Waals surface area (Å²) in [4.78, 5) is 21.1. The predicted octanol–water partition coefficient (Wildman–Crippen LogP) is 31.3. The van der Waals surface area contributed by atoms with E-state index in [1.54, 1.807) is 0 Å². The number of rotatable bonds is 12. The summed E-state index contributed by atoms with van der Waals surface area (Å²) < 4.78 is 9.80. The number of hydrogen-bond acceptors (Lipinski definition) is 4. The minimum Gasteiger partial charge on any atom is -0.309 e. The van der Waals surface area contributed by atoms with Crippen molar-refractivity contribution < 1.29 is 0 Å². The van der Waals surface area contributed by atoms with Crippen LogP contribution in [0.25, 0.3) is 243 Å². The van der Waals surface area contributed by atoms with Crippen LogP contribution < -0.4 is 0 Å². The van der Waals surface area contributed by atoms with Gasteiger partial charge in [0.05, 0.1) is 78.3 Å². The lowest BCUT2D eigenvalue weighted by Gasteiger charge is -2.13. The molecule has 8 heteroatoms. The second-order valence-corrected chi connectivity index (χ2v) is 33.1. The highest BCUT2D eigenvalue weighted by Crippen LogP contribution is 2.47. The van der Waals surface area contributed by atoms with Crippen LogP contribution in [-0.4, -0.2) is 38.2 Å². The van der Waals surface area contributed by atoms with E-state index >= 15 is 0 Å². The molecule has 128 heavy (non-hydrogen) atoms. The van der Waals surface area contributed by atoms with Crippen LogP contribution >= 0.6 is 0 Å².